The van der Waals surface area contributed by atoms with Gasteiger partial charge in [0.1, 0.15) is 5.52 Å². The van der Waals surface area contributed by atoms with Gasteiger partial charge < -0.3 is 10.3 Å². The minimum absolute atomic E-state index is 0.194. The van der Waals surface area contributed by atoms with Gasteiger partial charge in [-0.25, -0.2) is 4.98 Å². The van der Waals surface area contributed by atoms with Gasteiger partial charge >= 0.3 is 6.18 Å². The van der Waals surface area contributed by atoms with Crippen LogP contribution in [0.1, 0.15) is 31.1 Å². The van der Waals surface area contributed by atoms with Crippen LogP contribution < -0.4 is 10.9 Å². The van der Waals surface area contributed by atoms with Crippen molar-refractivity contribution >= 4 is 34.4 Å². The lowest BCUT2D eigenvalue weighted by atomic mass is 10.1. The number of thioether (sulfide) groups is 1. The lowest BCUT2D eigenvalue weighted by Gasteiger charge is -2.16. The maximum Gasteiger partial charge on any atom is 0.418 e. The number of para-hydroxylation sites is 1. The molecule has 0 aliphatic carbocycles. The third-order valence-electron chi connectivity index (χ3n) is 4.14. The zero-order valence-corrected chi connectivity index (χ0v) is 16.7. The maximum absolute atomic E-state index is 13.1. The molecule has 10 heteroatoms. The predicted molar refractivity (Wildman–Crippen MR) is 106 cm³/mol. The molecule has 0 saturated heterocycles. The third kappa shape index (κ3) is 4.47. The number of aromatic nitrogens is 3. The van der Waals surface area contributed by atoms with Gasteiger partial charge in [0.15, 0.2) is 5.16 Å². The van der Waals surface area contributed by atoms with E-state index in [0.29, 0.717) is 16.2 Å². The normalized spacial score (nSPS) is 12.0. The summed E-state index contributed by atoms with van der Waals surface area (Å²) in [7, 11) is 0. The second-order valence-electron chi connectivity index (χ2n) is 6.76. The van der Waals surface area contributed by atoms with Crippen LogP contribution in [0.4, 0.5) is 18.9 Å². The molecule has 3 rings (SSSR count). The van der Waals surface area contributed by atoms with E-state index >= 15 is 0 Å². The number of fused-ring (bicyclic) bond motifs is 1. The Balaban J connectivity index is 1.83. The molecule has 2 aromatic heterocycles. The second kappa shape index (κ2) is 7.94. The molecular formula is C19H19F3N4O2S. The molecule has 0 spiro atoms. The van der Waals surface area contributed by atoms with E-state index in [0.717, 1.165) is 23.5 Å². The van der Waals surface area contributed by atoms with Crippen LogP contribution in [0.15, 0.2) is 40.3 Å². The first-order valence-electron chi connectivity index (χ1n) is 8.78. The largest absolute Gasteiger partial charge is 0.418 e. The molecule has 3 aromatic rings. The SMILES string of the molecule is Cc1cc2nc(SCC(=O)Nc3ccccc3C(F)(F)F)n(C(C)C)c(=O)c2[nH]1. The number of benzene rings is 1. The van der Waals surface area contributed by atoms with E-state index in [9.17, 15) is 22.8 Å². The van der Waals surface area contributed by atoms with Gasteiger partial charge in [0.05, 0.1) is 22.5 Å². The molecule has 0 unspecified atom stereocenters. The summed E-state index contributed by atoms with van der Waals surface area (Å²) in [5.41, 5.74) is 0.155. The molecule has 2 N–H and O–H groups in total. The number of alkyl halides is 3. The van der Waals surface area contributed by atoms with Crippen molar-refractivity contribution in [2.75, 3.05) is 11.1 Å². The average Bonchev–Trinajstić information content (AvgIpc) is 3.00. The molecule has 1 aromatic carbocycles. The summed E-state index contributed by atoms with van der Waals surface area (Å²) in [6.45, 7) is 5.43. The fourth-order valence-corrected chi connectivity index (χ4v) is 3.83. The summed E-state index contributed by atoms with van der Waals surface area (Å²) in [4.78, 5) is 32.5. The number of nitrogens with zero attached hydrogens (tertiary/aromatic N) is 2. The first-order valence-corrected chi connectivity index (χ1v) is 9.77. The highest BCUT2D eigenvalue weighted by Crippen LogP contribution is 2.34. The molecule has 0 aliphatic heterocycles. The average molecular weight is 424 g/mol. The van der Waals surface area contributed by atoms with Crippen molar-refractivity contribution in [2.24, 2.45) is 0 Å². The molecule has 1 amide bonds. The Morgan fingerprint density at radius 3 is 2.66 bits per heavy atom. The minimum atomic E-state index is -4.58. The molecule has 0 atom stereocenters. The standard InChI is InChI=1S/C19H19F3N4O2S/c1-10(2)26-17(28)16-14(8-11(3)23-16)25-18(26)29-9-15(27)24-13-7-5-4-6-12(13)19(20,21)22/h4-8,10,23H,9H2,1-3H3,(H,24,27). The zero-order chi connectivity index (χ0) is 21.3. The van der Waals surface area contributed by atoms with E-state index in [1.54, 1.807) is 13.0 Å². The van der Waals surface area contributed by atoms with Crippen molar-refractivity contribution in [1.29, 1.82) is 0 Å². The number of aromatic amines is 1. The lowest BCUT2D eigenvalue weighted by Crippen LogP contribution is -2.26. The van der Waals surface area contributed by atoms with E-state index in [1.807, 2.05) is 13.8 Å². The van der Waals surface area contributed by atoms with Gasteiger partial charge in [0, 0.05) is 11.7 Å². The number of hydrogen-bond donors (Lipinski definition) is 2. The summed E-state index contributed by atoms with van der Waals surface area (Å²) in [5.74, 6) is -0.818. The van der Waals surface area contributed by atoms with Crippen LogP contribution in [0.2, 0.25) is 0 Å². The van der Waals surface area contributed by atoms with Crippen LogP contribution in [-0.4, -0.2) is 26.2 Å². The zero-order valence-electron chi connectivity index (χ0n) is 15.9. The van der Waals surface area contributed by atoms with Crippen molar-refractivity contribution < 1.29 is 18.0 Å². The van der Waals surface area contributed by atoms with Crippen molar-refractivity contribution in [3.63, 3.8) is 0 Å². The quantitative estimate of drug-likeness (QED) is 0.471. The van der Waals surface area contributed by atoms with Gasteiger partial charge in [-0.3, -0.25) is 14.2 Å². The number of carbonyl (C=O) groups excluding carboxylic acids is 1. The molecule has 154 valence electrons. The van der Waals surface area contributed by atoms with Gasteiger partial charge in [-0.2, -0.15) is 13.2 Å². The molecule has 2 heterocycles. The Labute approximate surface area is 168 Å². The Kier molecular flexibility index (Phi) is 5.74. The highest BCUT2D eigenvalue weighted by Gasteiger charge is 2.33. The second-order valence-corrected chi connectivity index (χ2v) is 7.70. The molecule has 0 aliphatic rings. The van der Waals surface area contributed by atoms with Crippen LogP contribution in [0.25, 0.3) is 11.0 Å². The van der Waals surface area contributed by atoms with E-state index in [4.69, 9.17) is 0 Å². The molecule has 29 heavy (non-hydrogen) atoms. The van der Waals surface area contributed by atoms with Crippen molar-refractivity contribution in [2.45, 2.75) is 38.1 Å². The highest BCUT2D eigenvalue weighted by molar-refractivity contribution is 7.99. The number of nitrogens with one attached hydrogen (secondary N) is 2. The number of carbonyl (C=O) groups is 1. The summed E-state index contributed by atoms with van der Waals surface area (Å²) in [6, 6.07) is 6.29. The summed E-state index contributed by atoms with van der Waals surface area (Å²) < 4.78 is 40.7. The number of aryl methyl sites for hydroxylation is 1. The van der Waals surface area contributed by atoms with Crippen LogP contribution >= 0.6 is 11.8 Å². The fourth-order valence-electron chi connectivity index (χ4n) is 2.90. The molecule has 0 bridgehead atoms. The minimum Gasteiger partial charge on any atom is -0.353 e. The Hall–Kier alpha value is -2.75. The predicted octanol–water partition coefficient (Wildman–Crippen LogP) is 4.36. The summed E-state index contributed by atoms with van der Waals surface area (Å²) in [6.07, 6.45) is -4.58. The van der Waals surface area contributed by atoms with E-state index < -0.39 is 17.6 Å². The molecule has 0 fully saturated rings. The number of hydrogen-bond acceptors (Lipinski definition) is 4. The Morgan fingerprint density at radius 1 is 1.31 bits per heavy atom. The van der Waals surface area contributed by atoms with Crippen molar-refractivity contribution in [3.8, 4) is 0 Å². The summed E-state index contributed by atoms with van der Waals surface area (Å²) >= 11 is 0.999. The first kappa shape index (κ1) is 21.0. The van der Waals surface area contributed by atoms with Crippen LogP contribution in [0.5, 0.6) is 0 Å². The van der Waals surface area contributed by atoms with Gasteiger partial charge in [-0.05, 0) is 39.0 Å². The number of amides is 1. The van der Waals surface area contributed by atoms with E-state index in [2.05, 4.69) is 15.3 Å². The fraction of sp³-hybridized carbons (Fsp3) is 0.316. The maximum atomic E-state index is 13.1. The third-order valence-corrected chi connectivity index (χ3v) is 5.09. The molecule has 0 saturated carbocycles. The topological polar surface area (TPSA) is 79.8 Å². The molecular weight excluding hydrogens is 405 g/mol. The number of halogens is 3. The van der Waals surface area contributed by atoms with Gasteiger partial charge in [0.25, 0.3) is 5.56 Å². The number of rotatable bonds is 5. The van der Waals surface area contributed by atoms with Crippen molar-refractivity contribution in [1.82, 2.24) is 14.5 Å². The Bertz CT molecular complexity index is 1120. The number of anilines is 1. The highest BCUT2D eigenvalue weighted by atomic mass is 32.2. The van der Waals surface area contributed by atoms with Gasteiger partial charge in [-0.15, -0.1) is 0 Å². The smallest absolute Gasteiger partial charge is 0.353 e. The molecule has 0 radical (unpaired) electrons. The van der Waals surface area contributed by atoms with E-state index in [-0.39, 0.29) is 23.0 Å². The lowest BCUT2D eigenvalue weighted by molar-refractivity contribution is -0.137. The van der Waals surface area contributed by atoms with E-state index in [1.165, 1.54) is 22.8 Å². The van der Waals surface area contributed by atoms with Crippen LogP contribution in [0, 0.1) is 6.92 Å². The van der Waals surface area contributed by atoms with Gasteiger partial charge in [-0.1, -0.05) is 23.9 Å². The number of H-pyrrole nitrogens is 1. The Morgan fingerprint density at radius 2 is 2.00 bits per heavy atom. The van der Waals surface area contributed by atoms with Crippen LogP contribution in [0.3, 0.4) is 0 Å². The molecule has 6 nitrogen and oxygen atoms in total. The van der Waals surface area contributed by atoms with Crippen LogP contribution in [-0.2, 0) is 11.0 Å². The first-order chi connectivity index (χ1) is 13.6. The van der Waals surface area contributed by atoms with Gasteiger partial charge in [0.2, 0.25) is 5.91 Å². The van der Waals surface area contributed by atoms with Crippen molar-refractivity contribution in [3.05, 3.63) is 51.9 Å². The monoisotopic (exact) mass is 424 g/mol. The summed E-state index contributed by atoms with van der Waals surface area (Å²) in [5, 5.41) is 2.62.